The topological polar surface area (TPSA) is 119 Å². The Bertz CT molecular complexity index is 1350. The van der Waals surface area contributed by atoms with Crippen LogP contribution < -0.4 is 22.3 Å². The van der Waals surface area contributed by atoms with E-state index in [2.05, 4.69) is 15.8 Å². The van der Waals surface area contributed by atoms with Crippen LogP contribution in [0.2, 0.25) is 0 Å². The largest absolute Gasteiger partial charge is 0.334 e. The first kappa shape index (κ1) is 21.6. The van der Waals surface area contributed by atoms with E-state index in [0.717, 1.165) is 33.1 Å². The van der Waals surface area contributed by atoms with Gasteiger partial charge in [0.1, 0.15) is 4.83 Å². The summed E-state index contributed by atoms with van der Waals surface area (Å²) in [5.41, 5.74) is 7.46. The van der Waals surface area contributed by atoms with Crippen LogP contribution in [0.5, 0.6) is 0 Å². The fourth-order valence-electron chi connectivity index (χ4n) is 2.99. The molecule has 4 N–H and O–H groups in total. The predicted octanol–water partition coefficient (Wildman–Crippen LogP) is 2.70. The van der Waals surface area contributed by atoms with Crippen molar-refractivity contribution < 1.29 is 9.59 Å². The zero-order chi connectivity index (χ0) is 22.7. The number of aromatic nitrogens is 2. The van der Waals surface area contributed by atoms with Gasteiger partial charge >= 0.3 is 0 Å². The molecule has 0 saturated heterocycles. The van der Waals surface area contributed by atoms with Crippen LogP contribution in [0.1, 0.15) is 15.9 Å². The quantitative estimate of drug-likeness (QED) is 0.180. The van der Waals surface area contributed by atoms with Gasteiger partial charge in [-0.1, -0.05) is 59.8 Å². The van der Waals surface area contributed by atoms with Gasteiger partial charge < -0.3 is 5.84 Å². The fraction of sp³-hybridized carbons (Fsp3) is 0.0909. The molecule has 0 aliphatic heterocycles. The van der Waals surface area contributed by atoms with Crippen LogP contribution in [0.3, 0.4) is 0 Å². The van der Waals surface area contributed by atoms with Crippen molar-refractivity contribution >= 4 is 45.1 Å². The van der Waals surface area contributed by atoms with Gasteiger partial charge in [0.15, 0.2) is 5.16 Å². The third-order valence-electron chi connectivity index (χ3n) is 4.65. The minimum absolute atomic E-state index is 0.0831. The number of amides is 2. The molecule has 0 saturated carbocycles. The van der Waals surface area contributed by atoms with Crippen molar-refractivity contribution in [3.63, 3.8) is 0 Å². The monoisotopic (exact) mass is 465 g/mol. The summed E-state index contributed by atoms with van der Waals surface area (Å²) in [7, 11) is 0. The summed E-state index contributed by atoms with van der Waals surface area (Å²) in [5, 5.41) is 2.53. The van der Waals surface area contributed by atoms with Gasteiger partial charge in [-0.2, -0.15) is 0 Å². The van der Waals surface area contributed by atoms with Crippen LogP contribution in [-0.4, -0.2) is 27.2 Å². The molecule has 0 fully saturated rings. The average molecular weight is 466 g/mol. The maximum Gasteiger partial charge on any atom is 0.282 e. The summed E-state index contributed by atoms with van der Waals surface area (Å²) < 4.78 is 0.949. The molecular weight excluding hydrogens is 446 g/mol. The van der Waals surface area contributed by atoms with Crippen LogP contribution in [0.15, 0.2) is 69.9 Å². The van der Waals surface area contributed by atoms with Crippen molar-refractivity contribution in [2.45, 2.75) is 12.1 Å². The maximum absolute atomic E-state index is 12.9. The Morgan fingerprint density at radius 2 is 1.81 bits per heavy atom. The summed E-state index contributed by atoms with van der Waals surface area (Å²) in [6.07, 6.45) is 0. The smallest absolute Gasteiger partial charge is 0.282 e. The molecular formula is C22H19N5O3S2. The van der Waals surface area contributed by atoms with E-state index < -0.39 is 11.8 Å². The van der Waals surface area contributed by atoms with Crippen LogP contribution in [-0.2, 0) is 4.79 Å². The van der Waals surface area contributed by atoms with Crippen molar-refractivity contribution in [1.82, 2.24) is 20.5 Å². The number of hydrogen-bond acceptors (Lipinski definition) is 7. The summed E-state index contributed by atoms with van der Waals surface area (Å²) in [5.74, 6) is 5.01. The van der Waals surface area contributed by atoms with Gasteiger partial charge in [0.2, 0.25) is 5.91 Å². The number of nitrogens with two attached hydrogens (primary N) is 1. The van der Waals surface area contributed by atoms with E-state index in [1.807, 2.05) is 54.8 Å². The highest BCUT2D eigenvalue weighted by molar-refractivity contribution is 7.99. The number of carbonyl (C=O) groups is 2. The first-order chi connectivity index (χ1) is 15.4. The minimum Gasteiger partial charge on any atom is -0.334 e. The number of rotatable bonds is 5. The number of nitrogens with one attached hydrogen (secondary N) is 2. The number of aryl methyl sites for hydroxylation is 1. The van der Waals surface area contributed by atoms with Crippen molar-refractivity contribution in [2.24, 2.45) is 0 Å². The first-order valence-corrected chi connectivity index (χ1v) is 11.4. The van der Waals surface area contributed by atoms with Gasteiger partial charge in [0, 0.05) is 16.5 Å². The lowest BCUT2D eigenvalue weighted by atomic mass is 10.1. The number of hydrogen-bond donors (Lipinski definition) is 3. The zero-order valence-electron chi connectivity index (χ0n) is 17.0. The molecule has 2 heterocycles. The molecule has 0 spiro atoms. The van der Waals surface area contributed by atoms with E-state index in [1.165, 1.54) is 11.3 Å². The number of hydrazine groups is 1. The van der Waals surface area contributed by atoms with Crippen LogP contribution in [0.25, 0.3) is 21.3 Å². The number of thiophene rings is 1. The lowest BCUT2D eigenvalue weighted by molar-refractivity contribution is -0.119. The molecule has 0 bridgehead atoms. The molecule has 0 aliphatic carbocycles. The number of fused-ring (bicyclic) bond motifs is 1. The molecule has 8 nitrogen and oxygen atoms in total. The van der Waals surface area contributed by atoms with Gasteiger partial charge in [-0.25, -0.2) is 9.66 Å². The number of carbonyl (C=O) groups excluding carboxylic acids is 2. The maximum atomic E-state index is 12.9. The molecule has 0 atom stereocenters. The van der Waals surface area contributed by atoms with Crippen LogP contribution in [0.4, 0.5) is 0 Å². The SMILES string of the molecule is Cc1ccc(C(=O)NNC(=O)CSc2nc3scc(-c4ccccc4)c3c(=O)n2N)cc1. The van der Waals surface area contributed by atoms with Gasteiger partial charge in [-0.15, -0.1) is 11.3 Å². The molecule has 0 aliphatic rings. The van der Waals surface area contributed by atoms with E-state index in [9.17, 15) is 14.4 Å². The highest BCUT2D eigenvalue weighted by Crippen LogP contribution is 2.31. The number of benzene rings is 2. The fourth-order valence-corrected chi connectivity index (χ4v) is 4.69. The predicted molar refractivity (Wildman–Crippen MR) is 127 cm³/mol. The lowest BCUT2D eigenvalue weighted by Gasteiger charge is -2.09. The highest BCUT2D eigenvalue weighted by atomic mass is 32.2. The van der Waals surface area contributed by atoms with Crippen molar-refractivity contribution in [3.05, 3.63) is 81.5 Å². The molecule has 32 heavy (non-hydrogen) atoms. The Kier molecular flexibility index (Phi) is 6.24. The van der Waals surface area contributed by atoms with Gasteiger partial charge in [0.25, 0.3) is 11.5 Å². The van der Waals surface area contributed by atoms with Crippen molar-refractivity contribution in [1.29, 1.82) is 0 Å². The number of thioether (sulfide) groups is 1. The van der Waals surface area contributed by atoms with E-state index in [-0.39, 0.29) is 16.5 Å². The van der Waals surface area contributed by atoms with Crippen molar-refractivity contribution in [2.75, 3.05) is 11.6 Å². The Morgan fingerprint density at radius 1 is 1.09 bits per heavy atom. The van der Waals surface area contributed by atoms with E-state index in [0.29, 0.717) is 15.8 Å². The third-order valence-corrected chi connectivity index (χ3v) is 6.48. The normalized spacial score (nSPS) is 10.8. The molecule has 10 heteroatoms. The molecule has 162 valence electrons. The van der Waals surface area contributed by atoms with Crippen LogP contribution in [0, 0.1) is 6.92 Å². The van der Waals surface area contributed by atoms with E-state index in [1.54, 1.807) is 12.1 Å². The molecule has 4 aromatic rings. The molecule has 2 aromatic carbocycles. The third kappa shape index (κ3) is 4.51. The van der Waals surface area contributed by atoms with Gasteiger partial charge in [-0.05, 0) is 24.6 Å². The summed E-state index contributed by atoms with van der Waals surface area (Å²) >= 11 is 2.35. The Balaban J connectivity index is 1.44. The Hall–Kier alpha value is -3.63. The van der Waals surface area contributed by atoms with Crippen LogP contribution >= 0.6 is 23.1 Å². The zero-order valence-corrected chi connectivity index (χ0v) is 18.6. The summed E-state index contributed by atoms with van der Waals surface area (Å²) in [4.78, 5) is 42.1. The van der Waals surface area contributed by atoms with E-state index >= 15 is 0 Å². The second kappa shape index (κ2) is 9.25. The second-order valence-electron chi connectivity index (χ2n) is 6.92. The Morgan fingerprint density at radius 3 is 2.53 bits per heavy atom. The molecule has 4 rings (SSSR count). The molecule has 2 aromatic heterocycles. The lowest BCUT2D eigenvalue weighted by Crippen LogP contribution is -2.42. The minimum atomic E-state index is -0.457. The van der Waals surface area contributed by atoms with Gasteiger partial charge in [0.05, 0.1) is 11.1 Å². The summed E-state index contributed by atoms with van der Waals surface area (Å²) in [6, 6.07) is 16.5. The first-order valence-electron chi connectivity index (χ1n) is 9.57. The number of nitrogens with zero attached hydrogens (tertiary/aromatic N) is 2. The average Bonchev–Trinajstić information content (AvgIpc) is 3.24. The van der Waals surface area contributed by atoms with E-state index in [4.69, 9.17) is 5.84 Å². The molecule has 0 unspecified atom stereocenters. The van der Waals surface area contributed by atoms with Gasteiger partial charge in [-0.3, -0.25) is 25.2 Å². The molecule has 0 radical (unpaired) electrons. The number of nitrogen functional groups attached to an aromatic ring is 1. The standard InChI is InChI=1S/C22H19N5O3S2/c1-13-7-9-15(10-8-13)19(29)26-25-17(28)12-32-22-24-20-18(21(30)27(22)23)16(11-31-20)14-5-3-2-4-6-14/h2-11H,12,23H2,1H3,(H,25,28)(H,26,29). The second-order valence-corrected chi connectivity index (χ2v) is 8.72. The highest BCUT2D eigenvalue weighted by Gasteiger charge is 2.17. The molecule has 2 amide bonds. The van der Waals surface area contributed by atoms with Crippen molar-refractivity contribution in [3.8, 4) is 11.1 Å². The summed E-state index contributed by atoms with van der Waals surface area (Å²) in [6.45, 7) is 1.92. The Labute approximate surface area is 191 Å².